The van der Waals surface area contributed by atoms with E-state index >= 15 is 0 Å². The standard InChI is InChI=1S/C12H14Cl2O3/c1-7(15)9(13)4-8-5-12(17-3)10(14)6-11(8)16-2/h5-6,9H,4H2,1-3H3. The van der Waals surface area contributed by atoms with Gasteiger partial charge in [0.25, 0.3) is 0 Å². The molecule has 5 heteroatoms. The van der Waals surface area contributed by atoms with Crippen LogP contribution in [-0.2, 0) is 11.2 Å². The van der Waals surface area contributed by atoms with E-state index in [1.807, 2.05) is 0 Å². The second-order valence-electron chi connectivity index (χ2n) is 3.58. The predicted octanol–water partition coefficient (Wildman–Crippen LogP) is 3.10. The van der Waals surface area contributed by atoms with Crippen LogP contribution in [0, 0.1) is 0 Å². The molecule has 0 radical (unpaired) electrons. The number of rotatable bonds is 5. The summed E-state index contributed by atoms with van der Waals surface area (Å²) in [7, 11) is 3.07. The Kier molecular flexibility index (Phi) is 5.09. The number of alkyl halides is 1. The Morgan fingerprint density at radius 3 is 2.35 bits per heavy atom. The van der Waals surface area contributed by atoms with E-state index in [0.717, 1.165) is 5.56 Å². The Morgan fingerprint density at radius 1 is 1.29 bits per heavy atom. The third-order valence-corrected chi connectivity index (χ3v) is 3.15. The average molecular weight is 277 g/mol. The van der Waals surface area contributed by atoms with E-state index in [2.05, 4.69) is 0 Å². The molecule has 1 aromatic carbocycles. The number of carbonyl (C=O) groups excluding carboxylic acids is 1. The fourth-order valence-electron chi connectivity index (χ4n) is 1.42. The Bertz CT molecular complexity index is 418. The third-order valence-electron chi connectivity index (χ3n) is 2.40. The maximum absolute atomic E-state index is 11.1. The van der Waals surface area contributed by atoms with E-state index in [0.29, 0.717) is 22.9 Å². The zero-order valence-electron chi connectivity index (χ0n) is 9.92. The highest BCUT2D eigenvalue weighted by atomic mass is 35.5. The molecule has 3 nitrogen and oxygen atoms in total. The van der Waals surface area contributed by atoms with Crippen molar-refractivity contribution < 1.29 is 14.3 Å². The molecule has 1 atom stereocenters. The number of ether oxygens (including phenoxy) is 2. The molecule has 1 rings (SSSR count). The molecular formula is C12H14Cl2O3. The van der Waals surface area contributed by atoms with Gasteiger partial charge in [0.2, 0.25) is 0 Å². The van der Waals surface area contributed by atoms with Crippen LogP contribution in [0.2, 0.25) is 5.02 Å². The molecule has 0 aliphatic heterocycles. The largest absolute Gasteiger partial charge is 0.496 e. The van der Waals surface area contributed by atoms with Gasteiger partial charge in [-0.15, -0.1) is 11.6 Å². The van der Waals surface area contributed by atoms with Gasteiger partial charge < -0.3 is 9.47 Å². The van der Waals surface area contributed by atoms with Gasteiger partial charge in [-0.25, -0.2) is 0 Å². The van der Waals surface area contributed by atoms with Crippen molar-refractivity contribution in [2.75, 3.05) is 14.2 Å². The second-order valence-corrected chi connectivity index (χ2v) is 4.51. The van der Waals surface area contributed by atoms with Crippen molar-refractivity contribution in [2.45, 2.75) is 18.7 Å². The molecule has 0 aliphatic carbocycles. The molecule has 94 valence electrons. The van der Waals surface area contributed by atoms with Crippen LogP contribution in [0.3, 0.4) is 0 Å². The van der Waals surface area contributed by atoms with Crippen LogP contribution in [0.5, 0.6) is 11.5 Å². The minimum Gasteiger partial charge on any atom is -0.496 e. The van der Waals surface area contributed by atoms with Gasteiger partial charge in [-0.2, -0.15) is 0 Å². The number of carbonyl (C=O) groups is 1. The van der Waals surface area contributed by atoms with E-state index in [1.165, 1.54) is 14.0 Å². The first kappa shape index (κ1) is 14.1. The van der Waals surface area contributed by atoms with Gasteiger partial charge in [0.05, 0.1) is 24.6 Å². The highest BCUT2D eigenvalue weighted by Gasteiger charge is 2.16. The molecule has 0 saturated heterocycles. The first-order chi connectivity index (χ1) is 7.99. The smallest absolute Gasteiger partial charge is 0.147 e. The van der Waals surface area contributed by atoms with E-state index in [4.69, 9.17) is 32.7 Å². The van der Waals surface area contributed by atoms with Crippen molar-refractivity contribution >= 4 is 29.0 Å². The lowest BCUT2D eigenvalue weighted by Crippen LogP contribution is -2.14. The molecule has 0 N–H and O–H groups in total. The molecule has 1 unspecified atom stereocenters. The zero-order valence-corrected chi connectivity index (χ0v) is 11.4. The van der Waals surface area contributed by atoms with Crippen molar-refractivity contribution in [3.05, 3.63) is 22.7 Å². The van der Waals surface area contributed by atoms with Gasteiger partial charge in [-0.3, -0.25) is 4.79 Å². The van der Waals surface area contributed by atoms with Gasteiger partial charge in [0, 0.05) is 6.07 Å². The number of benzene rings is 1. The van der Waals surface area contributed by atoms with Crippen molar-refractivity contribution in [3.63, 3.8) is 0 Å². The Labute approximate surface area is 111 Å². The number of hydrogen-bond donors (Lipinski definition) is 0. The Balaban J connectivity index is 3.08. The summed E-state index contributed by atoms with van der Waals surface area (Å²) < 4.78 is 10.3. The highest BCUT2D eigenvalue weighted by molar-refractivity contribution is 6.32. The number of halogens is 2. The molecule has 0 saturated carbocycles. The Hall–Kier alpha value is -0.930. The monoisotopic (exact) mass is 276 g/mol. The van der Waals surface area contributed by atoms with Crippen molar-refractivity contribution in [2.24, 2.45) is 0 Å². The molecule has 0 spiro atoms. The van der Waals surface area contributed by atoms with Gasteiger partial charge in [0.15, 0.2) is 0 Å². The summed E-state index contributed by atoms with van der Waals surface area (Å²) >= 11 is 11.9. The van der Waals surface area contributed by atoms with Crippen LogP contribution >= 0.6 is 23.2 Å². The van der Waals surface area contributed by atoms with Crippen LogP contribution in [-0.4, -0.2) is 25.4 Å². The lowest BCUT2D eigenvalue weighted by Gasteiger charge is -2.13. The summed E-state index contributed by atoms with van der Waals surface area (Å²) in [5.74, 6) is 1.06. The summed E-state index contributed by atoms with van der Waals surface area (Å²) in [6.07, 6.45) is 0.383. The lowest BCUT2D eigenvalue weighted by atomic mass is 10.1. The lowest BCUT2D eigenvalue weighted by molar-refractivity contribution is -0.116. The molecular weight excluding hydrogens is 263 g/mol. The van der Waals surface area contributed by atoms with E-state index in [1.54, 1.807) is 19.2 Å². The zero-order chi connectivity index (χ0) is 13.0. The summed E-state index contributed by atoms with van der Waals surface area (Å²) in [6, 6.07) is 3.39. The molecule has 0 aromatic heterocycles. The quantitative estimate of drug-likeness (QED) is 0.776. The van der Waals surface area contributed by atoms with Crippen LogP contribution in [0.1, 0.15) is 12.5 Å². The number of methoxy groups -OCH3 is 2. The predicted molar refractivity (Wildman–Crippen MR) is 68.6 cm³/mol. The first-order valence-corrected chi connectivity index (χ1v) is 5.86. The number of ketones is 1. The molecule has 0 aliphatic rings. The molecule has 1 aromatic rings. The van der Waals surface area contributed by atoms with E-state index < -0.39 is 5.38 Å². The second kappa shape index (κ2) is 6.12. The van der Waals surface area contributed by atoms with Crippen LogP contribution in [0.25, 0.3) is 0 Å². The van der Waals surface area contributed by atoms with Crippen LogP contribution in [0.4, 0.5) is 0 Å². The maximum atomic E-state index is 11.1. The molecule has 0 fully saturated rings. The molecule has 0 amide bonds. The molecule has 0 bridgehead atoms. The third kappa shape index (κ3) is 3.51. The van der Waals surface area contributed by atoms with Gasteiger partial charge >= 0.3 is 0 Å². The van der Waals surface area contributed by atoms with Crippen molar-refractivity contribution in [1.29, 1.82) is 0 Å². The topological polar surface area (TPSA) is 35.5 Å². The Morgan fingerprint density at radius 2 is 1.88 bits per heavy atom. The van der Waals surface area contributed by atoms with Gasteiger partial charge in [-0.05, 0) is 25.0 Å². The SMILES string of the molecule is COc1cc(CC(Cl)C(C)=O)c(OC)cc1Cl. The summed E-state index contributed by atoms with van der Waals surface area (Å²) in [5.41, 5.74) is 0.795. The maximum Gasteiger partial charge on any atom is 0.147 e. The van der Waals surface area contributed by atoms with E-state index in [9.17, 15) is 4.79 Å². The van der Waals surface area contributed by atoms with Crippen LogP contribution < -0.4 is 9.47 Å². The summed E-state index contributed by atoms with van der Waals surface area (Å²) in [6.45, 7) is 1.46. The number of Topliss-reactive ketones (excluding diaryl/α,β-unsaturated/α-hetero) is 1. The van der Waals surface area contributed by atoms with Gasteiger partial charge in [-0.1, -0.05) is 11.6 Å². The van der Waals surface area contributed by atoms with Gasteiger partial charge in [0.1, 0.15) is 17.3 Å². The summed E-state index contributed by atoms with van der Waals surface area (Å²) in [5, 5.41) is -0.114. The normalized spacial score (nSPS) is 12.1. The minimum absolute atomic E-state index is 0.0809. The fraction of sp³-hybridized carbons (Fsp3) is 0.417. The number of hydrogen-bond acceptors (Lipinski definition) is 3. The minimum atomic E-state index is -0.574. The molecule has 17 heavy (non-hydrogen) atoms. The van der Waals surface area contributed by atoms with Crippen molar-refractivity contribution in [1.82, 2.24) is 0 Å². The first-order valence-electron chi connectivity index (χ1n) is 5.04. The highest BCUT2D eigenvalue weighted by Crippen LogP contribution is 2.33. The summed E-state index contributed by atoms with van der Waals surface area (Å²) in [4.78, 5) is 11.1. The van der Waals surface area contributed by atoms with E-state index in [-0.39, 0.29) is 5.78 Å². The van der Waals surface area contributed by atoms with Crippen molar-refractivity contribution in [3.8, 4) is 11.5 Å². The average Bonchev–Trinajstić information content (AvgIpc) is 2.30. The van der Waals surface area contributed by atoms with Crippen LogP contribution in [0.15, 0.2) is 12.1 Å². The molecule has 0 heterocycles. The fourth-order valence-corrected chi connectivity index (χ4v) is 1.82.